The lowest BCUT2D eigenvalue weighted by Crippen LogP contribution is -2.38. The maximum absolute atomic E-state index is 11.1. The van der Waals surface area contributed by atoms with Crippen LogP contribution in [0.2, 0.25) is 0 Å². The quantitative estimate of drug-likeness (QED) is 0.625. The highest BCUT2D eigenvalue weighted by atomic mass is 32.2. The second-order valence-electron chi connectivity index (χ2n) is 3.33. The van der Waals surface area contributed by atoms with Crippen molar-refractivity contribution in [3.63, 3.8) is 0 Å². The Balaban J connectivity index is 2.16. The molecule has 0 aromatic heterocycles. The molecule has 0 aromatic rings. The first-order chi connectivity index (χ1) is 7.07. The van der Waals surface area contributed by atoms with Gasteiger partial charge in [0.1, 0.15) is 12.2 Å². The number of hydrogen-bond donors (Lipinski definition) is 0. The molecule has 1 heterocycles. The maximum atomic E-state index is 11.1. The highest BCUT2D eigenvalue weighted by Crippen LogP contribution is 2.29. The van der Waals surface area contributed by atoms with Crippen molar-refractivity contribution in [3.8, 4) is 0 Å². The first-order valence-electron chi connectivity index (χ1n) is 4.49. The molecular formula is C6H10NO6S2-. The Morgan fingerprint density at radius 1 is 1.20 bits per heavy atom. The van der Waals surface area contributed by atoms with Gasteiger partial charge in [-0.15, -0.1) is 0 Å². The first-order valence-corrected chi connectivity index (χ1v) is 6.85. The molecule has 1 saturated carbocycles. The lowest BCUT2D eigenvalue weighted by Gasteiger charge is -2.34. The largest absolute Gasteiger partial charge is 0.379 e. The minimum absolute atomic E-state index is 0.509. The molecule has 3 atom stereocenters. The maximum Gasteiger partial charge on any atom is 0.288 e. The van der Waals surface area contributed by atoms with E-state index in [0.717, 1.165) is 12.8 Å². The topological polar surface area (TPSA) is 93.0 Å². The van der Waals surface area contributed by atoms with Gasteiger partial charge in [-0.2, -0.15) is 4.21 Å². The summed E-state index contributed by atoms with van der Waals surface area (Å²) in [6.07, 6.45) is 1.78. The Morgan fingerprint density at radius 2 is 1.87 bits per heavy atom. The summed E-state index contributed by atoms with van der Waals surface area (Å²) in [6.45, 7) is 0. The third-order valence-electron chi connectivity index (χ3n) is 2.27. The SMILES string of the molecule is O=S1O[N-]S(=O)(=O)OC2CCCCC2O1. The zero-order valence-electron chi connectivity index (χ0n) is 7.70. The fraction of sp³-hybridized carbons (Fsp3) is 1.00. The molecule has 0 amide bonds. The van der Waals surface area contributed by atoms with E-state index in [0.29, 0.717) is 12.8 Å². The van der Waals surface area contributed by atoms with Crippen LogP contribution in [0.1, 0.15) is 25.7 Å². The molecule has 2 aliphatic rings. The number of fused-ring (bicyclic) bond motifs is 1. The van der Waals surface area contributed by atoms with Gasteiger partial charge in [-0.3, -0.25) is 8.37 Å². The van der Waals surface area contributed by atoms with Crippen molar-refractivity contribution in [2.45, 2.75) is 37.9 Å². The number of rotatable bonds is 0. The normalized spacial score (nSPS) is 41.2. The number of hydrogen-bond acceptors (Lipinski definition) is 6. The molecule has 3 unspecified atom stereocenters. The van der Waals surface area contributed by atoms with Crippen LogP contribution in [0.15, 0.2) is 0 Å². The van der Waals surface area contributed by atoms with E-state index in [1.165, 1.54) is 0 Å². The molecule has 7 nitrogen and oxygen atoms in total. The summed E-state index contributed by atoms with van der Waals surface area (Å²) in [5.41, 5.74) is 0. The highest BCUT2D eigenvalue weighted by Gasteiger charge is 2.32. The van der Waals surface area contributed by atoms with Crippen molar-refractivity contribution in [1.82, 2.24) is 0 Å². The van der Waals surface area contributed by atoms with E-state index in [-0.39, 0.29) is 0 Å². The van der Waals surface area contributed by atoms with E-state index in [2.05, 4.69) is 9.17 Å². The summed E-state index contributed by atoms with van der Waals surface area (Å²) in [4.78, 5) is 2.71. The van der Waals surface area contributed by atoms with Crippen LogP contribution >= 0.6 is 0 Å². The van der Waals surface area contributed by atoms with Gasteiger partial charge in [0.2, 0.25) is 10.3 Å². The van der Waals surface area contributed by atoms with Gasteiger partial charge in [-0.05, 0) is 12.8 Å². The van der Waals surface area contributed by atoms with E-state index in [1.807, 2.05) is 0 Å². The molecule has 1 aliphatic heterocycles. The van der Waals surface area contributed by atoms with Crippen LogP contribution in [0, 0.1) is 0 Å². The van der Waals surface area contributed by atoms with Crippen LogP contribution in [0.3, 0.4) is 0 Å². The summed E-state index contributed by atoms with van der Waals surface area (Å²) in [5, 5.41) is 0. The van der Waals surface area contributed by atoms with Gasteiger partial charge in [0.05, 0.1) is 0 Å². The summed E-state index contributed by atoms with van der Waals surface area (Å²) >= 11 is -2.16. The van der Waals surface area contributed by atoms with Crippen molar-refractivity contribution in [1.29, 1.82) is 0 Å². The predicted molar refractivity (Wildman–Crippen MR) is 49.7 cm³/mol. The van der Waals surface area contributed by atoms with E-state index in [4.69, 9.17) is 8.37 Å². The Hall–Kier alpha value is -0.0600. The van der Waals surface area contributed by atoms with Crippen molar-refractivity contribution < 1.29 is 25.3 Å². The number of nitrogens with zero attached hydrogens (tertiary/aromatic N) is 1. The fourth-order valence-corrected chi connectivity index (χ4v) is 3.16. The average Bonchev–Trinajstić information content (AvgIpc) is 2.16. The summed E-state index contributed by atoms with van der Waals surface area (Å²) < 4.78 is 47.1. The van der Waals surface area contributed by atoms with Gasteiger partial charge in [-0.1, -0.05) is 12.8 Å². The Kier molecular flexibility index (Phi) is 3.38. The molecule has 0 N–H and O–H groups in total. The van der Waals surface area contributed by atoms with Crippen LogP contribution in [-0.2, 0) is 34.3 Å². The summed E-state index contributed by atoms with van der Waals surface area (Å²) in [6, 6.07) is 0. The minimum Gasteiger partial charge on any atom is -0.379 e. The van der Waals surface area contributed by atoms with Crippen LogP contribution < -0.4 is 0 Å². The molecule has 2 fully saturated rings. The Labute approximate surface area is 90.2 Å². The van der Waals surface area contributed by atoms with Crippen LogP contribution in [-0.4, -0.2) is 24.8 Å². The van der Waals surface area contributed by atoms with Crippen molar-refractivity contribution >= 4 is 21.7 Å². The lowest BCUT2D eigenvalue weighted by atomic mass is 9.95. The molecule has 2 rings (SSSR count). The average molecular weight is 256 g/mol. The fourth-order valence-electron chi connectivity index (χ4n) is 1.64. The van der Waals surface area contributed by atoms with Gasteiger partial charge >= 0.3 is 0 Å². The summed E-state index contributed by atoms with van der Waals surface area (Å²) in [5.74, 6) is 0. The second-order valence-corrected chi connectivity index (χ2v) is 5.28. The zero-order chi connectivity index (χ0) is 10.9. The standard InChI is InChI=1S/C6H10NO6S2/c8-14-11-5-3-1-2-4-6(5)12-15(9,10)7-13-14/h5-6H,1-4H2/q-1. The first kappa shape index (κ1) is 11.4. The van der Waals surface area contributed by atoms with E-state index in [1.54, 1.807) is 0 Å². The van der Waals surface area contributed by atoms with E-state index >= 15 is 0 Å². The molecular weight excluding hydrogens is 246 g/mol. The second kappa shape index (κ2) is 4.44. The van der Waals surface area contributed by atoms with Crippen LogP contribution in [0.4, 0.5) is 0 Å². The van der Waals surface area contributed by atoms with Crippen molar-refractivity contribution in [2.24, 2.45) is 0 Å². The van der Waals surface area contributed by atoms with Crippen molar-refractivity contribution in [3.05, 3.63) is 4.89 Å². The molecule has 0 spiro atoms. The molecule has 0 radical (unpaired) electrons. The molecule has 0 bridgehead atoms. The monoisotopic (exact) mass is 256 g/mol. The molecule has 1 saturated heterocycles. The van der Waals surface area contributed by atoms with Gasteiger partial charge in [0.25, 0.3) is 11.4 Å². The molecule has 15 heavy (non-hydrogen) atoms. The third kappa shape index (κ3) is 2.95. The third-order valence-corrected chi connectivity index (χ3v) is 3.71. The minimum atomic E-state index is -4.12. The van der Waals surface area contributed by atoms with Crippen molar-refractivity contribution in [2.75, 3.05) is 0 Å². The molecule has 0 aromatic carbocycles. The van der Waals surface area contributed by atoms with E-state index < -0.39 is 33.9 Å². The molecule has 88 valence electrons. The van der Waals surface area contributed by atoms with Gasteiger partial charge in [0.15, 0.2) is 0 Å². The molecule has 9 heteroatoms. The van der Waals surface area contributed by atoms with Crippen LogP contribution in [0.5, 0.6) is 0 Å². The highest BCUT2D eigenvalue weighted by molar-refractivity contribution is 7.89. The van der Waals surface area contributed by atoms with Gasteiger partial charge in [0, 0.05) is 0 Å². The van der Waals surface area contributed by atoms with Crippen LogP contribution in [0.25, 0.3) is 4.89 Å². The Bertz CT molecular complexity index is 355. The molecule has 1 aliphatic carbocycles. The van der Waals surface area contributed by atoms with E-state index in [9.17, 15) is 12.6 Å². The smallest absolute Gasteiger partial charge is 0.288 e. The Morgan fingerprint density at radius 3 is 2.60 bits per heavy atom. The zero-order valence-corrected chi connectivity index (χ0v) is 9.33. The summed E-state index contributed by atoms with van der Waals surface area (Å²) in [7, 11) is -4.12. The lowest BCUT2D eigenvalue weighted by molar-refractivity contribution is 0.0234. The predicted octanol–water partition coefficient (Wildman–Crippen LogP) is 0.473. The van der Waals surface area contributed by atoms with Gasteiger partial charge in [-0.25, -0.2) is 8.42 Å². The van der Waals surface area contributed by atoms with Gasteiger partial charge < -0.3 is 9.17 Å².